The summed E-state index contributed by atoms with van der Waals surface area (Å²) in [7, 11) is 0. The highest BCUT2D eigenvalue weighted by Gasteiger charge is 2.05. The molecule has 0 unspecified atom stereocenters. The van der Waals surface area contributed by atoms with Crippen LogP contribution in [0.4, 0.5) is 0 Å². The van der Waals surface area contributed by atoms with E-state index in [4.69, 9.17) is 0 Å². The number of hydrogen-bond acceptors (Lipinski definition) is 3. The zero-order valence-corrected chi connectivity index (χ0v) is 7.32. The SMILES string of the molecule is C=C(O)c1nc(=O)[nH]c2ccccc12. The van der Waals surface area contributed by atoms with Crippen molar-refractivity contribution < 1.29 is 5.11 Å². The van der Waals surface area contributed by atoms with Gasteiger partial charge in [-0.15, -0.1) is 0 Å². The van der Waals surface area contributed by atoms with Crippen molar-refractivity contribution in [2.75, 3.05) is 0 Å². The van der Waals surface area contributed by atoms with Gasteiger partial charge in [0.05, 0.1) is 5.52 Å². The van der Waals surface area contributed by atoms with Crippen LogP contribution in [-0.4, -0.2) is 15.1 Å². The van der Waals surface area contributed by atoms with Crippen LogP contribution in [0.1, 0.15) is 5.69 Å². The van der Waals surface area contributed by atoms with Crippen LogP contribution in [0.2, 0.25) is 0 Å². The number of fused-ring (bicyclic) bond motifs is 1. The fourth-order valence-electron chi connectivity index (χ4n) is 1.32. The Bertz CT molecular complexity index is 557. The number of H-pyrrole nitrogens is 1. The minimum Gasteiger partial charge on any atom is -0.506 e. The van der Waals surface area contributed by atoms with Crippen LogP contribution in [-0.2, 0) is 0 Å². The van der Waals surface area contributed by atoms with E-state index in [1.165, 1.54) is 0 Å². The second-order valence-corrected chi connectivity index (χ2v) is 2.88. The van der Waals surface area contributed by atoms with Gasteiger partial charge in [-0.2, -0.15) is 4.98 Å². The summed E-state index contributed by atoms with van der Waals surface area (Å²) in [5.74, 6) is -0.202. The molecular weight excluding hydrogens is 180 g/mol. The number of aliphatic hydroxyl groups is 1. The summed E-state index contributed by atoms with van der Waals surface area (Å²) in [4.78, 5) is 17.3. The van der Waals surface area contributed by atoms with Gasteiger partial charge < -0.3 is 10.1 Å². The molecule has 0 atom stereocenters. The van der Waals surface area contributed by atoms with E-state index in [1.54, 1.807) is 24.3 Å². The van der Waals surface area contributed by atoms with Crippen LogP contribution in [0.15, 0.2) is 35.6 Å². The van der Waals surface area contributed by atoms with E-state index >= 15 is 0 Å². The number of nitrogens with one attached hydrogen (secondary N) is 1. The van der Waals surface area contributed by atoms with Crippen molar-refractivity contribution in [1.82, 2.24) is 9.97 Å². The number of aromatic nitrogens is 2. The third-order valence-electron chi connectivity index (χ3n) is 1.91. The summed E-state index contributed by atoms with van der Waals surface area (Å²) in [6.07, 6.45) is 0. The summed E-state index contributed by atoms with van der Waals surface area (Å²) in [6, 6.07) is 7.09. The van der Waals surface area contributed by atoms with Gasteiger partial charge in [-0.25, -0.2) is 4.79 Å². The molecule has 0 bridgehead atoms. The van der Waals surface area contributed by atoms with E-state index in [0.717, 1.165) is 0 Å². The van der Waals surface area contributed by atoms with Crippen LogP contribution < -0.4 is 5.69 Å². The average Bonchev–Trinajstić information content (AvgIpc) is 2.16. The monoisotopic (exact) mass is 188 g/mol. The molecule has 1 aromatic heterocycles. The lowest BCUT2D eigenvalue weighted by molar-refractivity contribution is 0.511. The highest BCUT2D eigenvalue weighted by molar-refractivity contribution is 5.87. The van der Waals surface area contributed by atoms with Gasteiger partial charge in [0.2, 0.25) is 0 Å². The summed E-state index contributed by atoms with van der Waals surface area (Å²) < 4.78 is 0. The molecular formula is C10H8N2O2. The first-order valence-electron chi connectivity index (χ1n) is 4.06. The number of para-hydroxylation sites is 1. The van der Waals surface area contributed by atoms with E-state index < -0.39 is 5.69 Å². The fraction of sp³-hybridized carbons (Fsp3) is 0. The second-order valence-electron chi connectivity index (χ2n) is 2.88. The van der Waals surface area contributed by atoms with Gasteiger partial charge in [0, 0.05) is 5.39 Å². The molecule has 0 aliphatic heterocycles. The minimum absolute atomic E-state index is 0.202. The highest BCUT2D eigenvalue weighted by atomic mass is 16.3. The van der Waals surface area contributed by atoms with Gasteiger partial charge in [-0.3, -0.25) is 0 Å². The molecule has 4 nitrogen and oxygen atoms in total. The lowest BCUT2D eigenvalue weighted by Crippen LogP contribution is -2.12. The van der Waals surface area contributed by atoms with E-state index in [2.05, 4.69) is 16.5 Å². The van der Waals surface area contributed by atoms with Crippen LogP contribution in [0, 0.1) is 0 Å². The molecule has 0 spiro atoms. The molecule has 0 saturated heterocycles. The number of aromatic amines is 1. The van der Waals surface area contributed by atoms with Gasteiger partial charge in [0.25, 0.3) is 0 Å². The molecule has 0 radical (unpaired) electrons. The Kier molecular flexibility index (Phi) is 1.81. The zero-order valence-electron chi connectivity index (χ0n) is 7.32. The summed E-state index contributed by atoms with van der Waals surface area (Å²) >= 11 is 0. The Morgan fingerprint density at radius 2 is 2.14 bits per heavy atom. The molecule has 2 rings (SSSR count). The van der Waals surface area contributed by atoms with Crippen molar-refractivity contribution in [2.45, 2.75) is 0 Å². The fourth-order valence-corrected chi connectivity index (χ4v) is 1.32. The lowest BCUT2D eigenvalue weighted by Gasteiger charge is -2.01. The maximum Gasteiger partial charge on any atom is 0.346 e. The summed E-state index contributed by atoms with van der Waals surface area (Å²) in [6.45, 7) is 3.36. The highest BCUT2D eigenvalue weighted by Crippen LogP contribution is 2.16. The molecule has 0 fully saturated rings. The van der Waals surface area contributed by atoms with Crippen molar-refractivity contribution in [3.05, 3.63) is 47.0 Å². The predicted octanol–water partition coefficient (Wildman–Crippen LogP) is 1.45. The summed E-state index contributed by atoms with van der Waals surface area (Å²) in [5, 5.41) is 9.92. The van der Waals surface area contributed by atoms with Crippen LogP contribution in [0.25, 0.3) is 16.7 Å². The second kappa shape index (κ2) is 2.99. The maximum absolute atomic E-state index is 11.1. The van der Waals surface area contributed by atoms with E-state index in [1.807, 2.05) is 0 Å². The molecule has 4 heteroatoms. The smallest absolute Gasteiger partial charge is 0.346 e. The topological polar surface area (TPSA) is 66.0 Å². The standard InChI is InChI=1S/C10H8N2O2/c1-6(13)9-7-4-2-3-5-8(7)11-10(14)12-9/h2-5,13H,1H2,(H,11,12,14). The Hall–Kier alpha value is -2.10. The lowest BCUT2D eigenvalue weighted by atomic mass is 10.2. The van der Waals surface area contributed by atoms with Gasteiger partial charge in [0.1, 0.15) is 11.5 Å². The molecule has 0 aliphatic rings. The Morgan fingerprint density at radius 1 is 1.43 bits per heavy atom. The quantitative estimate of drug-likeness (QED) is 0.665. The maximum atomic E-state index is 11.1. The molecule has 2 aromatic rings. The molecule has 1 aromatic carbocycles. The Balaban J connectivity index is 2.94. The zero-order chi connectivity index (χ0) is 10.1. The molecule has 14 heavy (non-hydrogen) atoms. The van der Waals surface area contributed by atoms with E-state index in [9.17, 15) is 9.90 Å². The normalized spacial score (nSPS) is 10.3. The predicted molar refractivity (Wildman–Crippen MR) is 54.0 cm³/mol. The number of rotatable bonds is 1. The van der Waals surface area contributed by atoms with Gasteiger partial charge in [-0.1, -0.05) is 24.8 Å². The minimum atomic E-state index is -0.492. The first-order valence-corrected chi connectivity index (χ1v) is 4.06. The van der Waals surface area contributed by atoms with Crippen molar-refractivity contribution >= 4 is 16.7 Å². The van der Waals surface area contributed by atoms with Crippen LogP contribution in [0.5, 0.6) is 0 Å². The Labute approximate surface area is 79.5 Å². The van der Waals surface area contributed by atoms with Crippen molar-refractivity contribution in [3.8, 4) is 0 Å². The van der Waals surface area contributed by atoms with Crippen LogP contribution >= 0.6 is 0 Å². The van der Waals surface area contributed by atoms with Gasteiger partial charge in [-0.05, 0) is 6.07 Å². The average molecular weight is 188 g/mol. The van der Waals surface area contributed by atoms with Crippen molar-refractivity contribution in [2.24, 2.45) is 0 Å². The number of hydrogen-bond donors (Lipinski definition) is 2. The van der Waals surface area contributed by atoms with Crippen molar-refractivity contribution in [1.29, 1.82) is 0 Å². The van der Waals surface area contributed by atoms with E-state index in [-0.39, 0.29) is 11.5 Å². The Morgan fingerprint density at radius 3 is 2.86 bits per heavy atom. The molecule has 0 aliphatic carbocycles. The molecule has 70 valence electrons. The van der Waals surface area contributed by atoms with Crippen molar-refractivity contribution in [3.63, 3.8) is 0 Å². The number of benzene rings is 1. The molecule has 0 amide bonds. The number of nitrogens with zero attached hydrogens (tertiary/aromatic N) is 1. The van der Waals surface area contributed by atoms with Gasteiger partial charge >= 0.3 is 5.69 Å². The summed E-state index contributed by atoms with van der Waals surface area (Å²) in [5.41, 5.74) is 0.371. The number of aliphatic hydroxyl groups excluding tert-OH is 1. The largest absolute Gasteiger partial charge is 0.506 e. The molecule has 0 saturated carbocycles. The first kappa shape index (κ1) is 8.50. The molecule has 2 N–H and O–H groups in total. The third kappa shape index (κ3) is 1.26. The van der Waals surface area contributed by atoms with Crippen LogP contribution in [0.3, 0.4) is 0 Å². The van der Waals surface area contributed by atoms with Gasteiger partial charge in [0.15, 0.2) is 0 Å². The molecule has 1 heterocycles. The third-order valence-corrected chi connectivity index (χ3v) is 1.91. The first-order chi connectivity index (χ1) is 6.68. The van der Waals surface area contributed by atoms with E-state index in [0.29, 0.717) is 10.9 Å².